The van der Waals surface area contributed by atoms with Gasteiger partial charge < -0.3 is 5.32 Å². The molecule has 0 saturated heterocycles. The van der Waals surface area contributed by atoms with Crippen molar-refractivity contribution in [3.05, 3.63) is 71.8 Å². The minimum Gasteiger partial charge on any atom is -0.325 e. The highest BCUT2D eigenvalue weighted by Crippen LogP contribution is 2.25. The zero-order chi connectivity index (χ0) is 19.2. The normalized spacial score (nSPS) is 10.6. The number of thioether (sulfide) groups is 1. The van der Waals surface area contributed by atoms with Gasteiger partial charge in [-0.25, -0.2) is 0 Å². The number of rotatable bonds is 7. The fourth-order valence-electron chi connectivity index (χ4n) is 2.55. The van der Waals surface area contributed by atoms with Gasteiger partial charge in [0.25, 0.3) is 0 Å². The van der Waals surface area contributed by atoms with Crippen molar-refractivity contribution < 1.29 is 4.79 Å². The molecule has 3 aromatic rings. The number of hydrogen-bond acceptors (Lipinski definition) is 4. The number of carbonyl (C=O) groups excluding carboxylic acids is 1. The van der Waals surface area contributed by atoms with Crippen LogP contribution in [-0.2, 0) is 11.3 Å². The van der Waals surface area contributed by atoms with Crippen LogP contribution in [0.2, 0.25) is 5.02 Å². The van der Waals surface area contributed by atoms with Gasteiger partial charge in [-0.05, 0) is 48.9 Å². The molecule has 0 aliphatic rings. The van der Waals surface area contributed by atoms with Crippen LogP contribution in [0.5, 0.6) is 0 Å². The van der Waals surface area contributed by atoms with E-state index in [9.17, 15) is 4.79 Å². The van der Waals surface area contributed by atoms with Crippen LogP contribution in [0, 0.1) is 6.92 Å². The number of nitrogens with one attached hydrogen (secondary N) is 1. The summed E-state index contributed by atoms with van der Waals surface area (Å²) in [5.41, 5.74) is 2.79. The van der Waals surface area contributed by atoms with Crippen LogP contribution in [0.1, 0.15) is 5.56 Å². The van der Waals surface area contributed by atoms with E-state index in [1.165, 1.54) is 11.8 Å². The Labute approximate surface area is 167 Å². The molecule has 0 radical (unpaired) electrons. The molecule has 0 spiro atoms. The standard InChI is InChI=1S/C20H19ClN4OS/c1-3-11-25-19(15-7-9-16(21)10-8-15)23-24-20(25)27-13-18(26)22-17-6-4-5-14(2)12-17/h3-10,12H,1,11,13H2,2H3,(H,22,26). The number of benzene rings is 2. The molecule has 0 atom stereocenters. The van der Waals surface area contributed by atoms with Gasteiger partial charge in [0.1, 0.15) is 0 Å². The Morgan fingerprint density at radius 3 is 2.74 bits per heavy atom. The number of aryl methyl sites for hydroxylation is 1. The van der Waals surface area contributed by atoms with E-state index in [4.69, 9.17) is 11.6 Å². The second-order valence-electron chi connectivity index (χ2n) is 5.92. The summed E-state index contributed by atoms with van der Waals surface area (Å²) in [6.07, 6.45) is 1.78. The van der Waals surface area contributed by atoms with Crippen molar-refractivity contribution in [2.45, 2.75) is 18.6 Å². The van der Waals surface area contributed by atoms with E-state index < -0.39 is 0 Å². The monoisotopic (exact) mass is 398 g/mol. The minimum atomic E-state index is -0.0909. The summed E-state index contributed by atoms with van der Waals surface area (Å²) in [5.74, 6) is 0.865. The van der Waals surface area contributed by atoms with Crippen molar-refractivity contribution in [2.24, 2.45) is 0 Å². The van der Waals surface area contributed by atoms with E-state index in [-0.39, 0.29) is 11.7 Å². The molecule has 1 N–H and O–H groups in total. The second-order valence-corrected chi connectivity index (χ2v) is 7.30. The molecule has 0 saturated carbocycles. The molecule has 7 heteroatoms. The molecule has 0 bridgehead atoms. The van der Waals surface area contributed by atoms with Crippen LogP contribution in [0.3, 0.4) is 0 Å². The third-order valence-corrected chi connectivity index (χ3v) is 4.98. The Balaban J connectivity index is 1.72. The molecule has 0 fully saturated rings. The van der Waals surface area contributed by atoms with E-state index >= 15 is 0 Å². The average molecular weight is 399 g/mol. The van der Waals surface area contributed by atoms with Crippen molar-refractivity contribution in [1.82, 2.24) is 14.8 Å². The Morgan fingerprint density at radius 1 is 1.26 bits per heavy atom. The number of carbonyl (C=O) groups is 1. The van der Waals surface area contributed by atoms with Gasteiger partial charge in [0.15, 0.2) is 11.0 Å². The molecule has 27 heavy (non-hydrogen) atoms. The van der Waals surface area contributed by atoms with E-state index in [0.717, 1.165) is 16.8 Å². The van der Waals surface area contributed by atoms with Crippen LogP contribution in [0.25, 0.3) is 11.4 Å². The molecule has 0 aliphatic heterocycles. The third kappa shape index (κ3) is 4.99. The number of aromatic nitrogens is 3. The first-order valence-electron chi connectivity index (χ1n) is 8.36. The van der Waals surface area contributed by atoms with Gasteiger partial charge in [-0.1, -0.05) is 41.6 Å². The summed E-state index contributed by atoms with van der Waals surface area (Å²) in [5, 5.41) is 12.7. The molecule has 5 nitrogen and oxygen atoms in total. The van der Waals surface area contributed by atoms with Gasteiger partial charge in [-0.2, -0.15) is 0 Å². The van der Waals surface area contributed by atoms with Crippen molar-refractivity contribution in [1.29, 1.82) is 0 Å². The fraction of sp³-hybridized carbons (Fsp3) is 0.150. The highest BCUT2D eigenvalue weighted by Gasteiger charge is 2.15. The lowest BCUT2D eigenvalue weighted by Gasteiger charge is -2.08. The lowest BCUT2D eigenvalue weighted by molar-refractivity contribution is -0.113. The topological polar surface area (TPSA) is 59.8 Å². The molecular formula is C20H19ClN4OS. The maximum Gasteiger partial charge on any atom is 0.234 e. The van der Waals surface area contributed by atoms with Gasteiger partial charge in [-0.3, -0.25) is 9.36 Å². The third-order valence-electron chi connectivity index (χ3n) is 3.77. The number of nitrogens with zero attached hydrogens (tertiary/aromatic N) is 3. The first-order valence-corrected chi connectivity index (χ1v) is 9.72. The molecule has 0 aliphatic carbocycles. The number of amides is 1. The lowest BCUT2D eigenvalue weighted by atomic mass is 10.2. The highest BCUT2D eigenvalue weighted by molar-refractivity contribution is 7.99. The molecule has 1 heterocycles. The van der Waals surface area contributed by atoms with Crippen molar-refractivity contribution in [3.8, 4) is 11.4 Å². The molecule has 3 rings (SSSR count). The summed E-state index contributed by atoms with van der Waals surface area (Å²) in [6, 6.07) is 15.1. The van der Waals surface area contributed by atoms with Crippen LogP contribution >= 0.6 is 23.4 Å². The smallest absolute Gasteiger partial charge is 0.234 e. The maximum atomic E-state index is 12.3. The van der Waals surface area contributed by atoms with Crippen LogP contribution < -0.4 is 5.32 Å². The SMILES string of the molecule is C=CCn1c(SCC(=O)Nc2cccc(C)c2)nnc1-c1ccc(Cl)cc1. The summed E-state index contributed by atoms with van der Waals surface area (Å²) in [4.78, 5) is 12.3. The van der Waals surface area contributed by atoms with E-state index in [1.807, 2.05) is 60.0 Å². The zero-order valence-electron chi connectivity index (χ0n) is 14.9. The number of hydrogen-bond donors (Lipinski definition) is 1. The Kier molecular flexibility index (Phi) is 6.32. The molecule has 138 valence electrons. The maximum absolute atomic E-state index is 12.3. The van der Waals surface area contributed by atoms with Gasteiger partial charge in [-0.15, -0.1) is 16.8 Å². The zero-order valence-corrected chi connectivity index (χ0v) is 16.4. The largest absolute Gasteiger partial charge is 0.325 e. The van der Waals surface area contributed by atoms with Gasteiger partial charge in [0.2, 0.25) is 5.91 Å². The molecule has 1 aromatic heterocycles. The van der Waals surface area contributed by atoms with Crippen LogP contribution in [0.15, 0.2) is 66.3 Å². The molecule has 1 amide bonds. The fourth-order valence-corrected chi connectivity index (χ4v) is 3.43. The predicted molar refractivity (Wildman–Crippen MR) is 111 cm³/mol. The number of halogens is 1. The lowest BCUT2D eigenvalue weighted by Crippen LogP contribution is -2.14. The van der Waals surface area contributed by atoms with Gasteiger partial charge in [0.05, 0.1) is 5.75 Å². The summed E-state index contributed by atoms with van der Waals surface area (Å²) in [6.45, 7) is 6.33. The van der Waals surface area contributed by atoms with E-state index in [2.05, 4.69) is 22.1 Å². The Bertz CT molecular complexity index is 953. The predicted octanol–water partition coefficient (Wildman–Crippen LogP) is 4.82. The van der Waals surface area contributed by atoms with Crippen molar-refractivity contribution in [3.63, 3.8) is 0 Å². The number of allylic oxidation sites excluding steroid dienone is 1. The highest BCUT2D eigenvalue weighted by atomic mass is 35.5. The first kappa shape index (κ1) is 19.2. The van der Waals surface area contributed by atoms with Crippen molar-refractivity contribution in [2.75, 3.05) is 11.1 Å². The molecule has 0 unspecified atom stereocenters. The second kappa shape index (κ2) is 8.88. The average Bonchev–Trinajstić information content (AvgIpc) is 3.04. The van der Waals surface area contributed by atoms with Crippen LogP contribution in [0.4, 0.5) is 5.69 Å². The number of anilines is 1. The minimum absolute atomic E-state index is 0.0909. The summed E-state index contributed by atoms with van der Waals surface area (Å²) in [7, 11) is 0. The molecular weight excluding hydrogens is 380 g/mol. The molecule has 2 aromatic carbocycles. The Hall–Kier alpha value is -2.57. The summed E-state index contributed by atoms with van der Waals surface area (Å²) < 4.78 is 1.93. The summed E-state index contributed by atoms with van der Waals surface area (Å²) >= 11 is 7.30. The first-order chi connectivity index (χ1) is 13.1. The van der Waals surface area contributed by atoms with Crippen molar-refractivity contribution >= 4 is 35.0 Å². The van der Waals surface area contributed by atoms with Gasteiger partial charge in [0, 0.05) is 22.8 Å². The van der Waals surface area contributed by atoms with Crippen LogP contribution in [-0.4, -0.2) is 26.4 Å². The van der Waals surface area contributed by atoms with E-state index in [0.29, 0.717) is 22.5 Å². The Morgan fingerprint density at radius 2 is 2.04 bits per heavy atom. The van der Waals surface area contributed by atoms with E-state index in [1.54, 1.807) is 6.08 Å². The van der Waals surface area contributed by atoms with Gasteiger partial charge >= 0.3 is 0 Å². The quantitative estimate of drug-likeness (QED) is 0.457.